The van der Waals surface area contributed by atoms with Crippen molar-refractivity contribution in [3.05, 3.63) is 58.1 Å². The Bertz CT molecular complexity index is 610. The van der Waals surface area contributed by atoms with Gasteiger partial charge < -0.3 is 9.84 Å². The Labute approximate surface area is 110 Å². The van der Waals surface area contributed by atoms with E-state index in [-0.39, 0.29) is 12.3 Å². The molecule has 0 aliphatic heterocycles. The van der Waals surface area contributed by atoms with Gasteiger partial charge in [0.15, 0.2) is 0 Å². The van der Waals surface area contributed by atoms with E-state index in [0.717, 1.165) is 5.56 Å². The summed E-state index contributed by atoms with van der Waals surface area (Å²) in [5.74, 6) is 0.647. The first-order valence-electron chi connectivity index (χ1n) is 5.69. The van der Waals surface area contributed by atoms with Crippen molar-refractivity contribution in [1.29, 1.82) is 0 Å². The maximum absolute atomic E-state index is 11.0. The van der Waals surface area contributed by atoms with E-state index in [1.807, 2.05) is 18.2 Å². The highest BCUT2D eigenvalue weighted by molar-refractivity contribution is 5.73. The summed E-state index contributed by atoms with van der Waals surface area (Å²) in [7, 11) is 1.55. The molecule has 2 aromatic carbocycles. The predicted molar refractivity (Wildman–Crippen MR) is 71.0 cm³/mol. The molecule has 2 aromatic rings. The zero-order valence-electron chi connectivity index (χ0n) is 10.4. The number of para-hydroxylation sites is 1. The molecule has 0 heterocycles. The van der Waals surface area contributed by atoms with Crippen LogP contribution in [0.2, 0.25) is 0 Å². The van der Waals surface area contributed by atoms with Crippen LogP contribution in [0.25, 0.3) is 11.1 Å². The zero-order chi connectivity index (χ0) is 13.8. The summed E-state index contributed by atoms with van der Waals surface area (Å²) >= 11 is 0. The molecule has 1 N–H and O–H groups in total. The number of nitro benzene ring substituents is 1. The van der Waals surface area contributed by atoms with Gasteiger partial charge >= 0.3 is 0 Å². The number of hydrogen-bond donors (Lipinski definition) is 1. The lowest BCUT2D eigenvalue weighted by Crippen LogP contribution is -1.96. The van der Waals surface area contributed by atoms with Gasteiger partial charge in [-0.15, -0.1) is 0 Å². The minimum atomic E-state index is -0.496. The topological polar surface area (TPSA) is 72.6 Å². The molecular weight excluding hydrogens is 246 g/mol. The number of hydrogen-bond acceptors (Lipinski definition) is 4. The molecule has 0 amide bonds. The molecule has 0 radical (unpaired) electrons. The Hall–Kier alpha value is -2.40. The van der Waals surface area contributed by atoms with Crippen molar-refractivity contribution in [2.75, 3.05) is 7.11 Å². The minimum Gasteiger partial charge on any atom is -0.496 e. The van der Waals surface area contributed by atoms with Crippen LogP contribution in [-0.2, 0) is 6.61 Å². The van der Waals surface area contributed by atoms with Crippen LogP contribution < -0.4 is 4.74 Å². The average molecular weight is 259 g/mol. The lowest BCUT2D eigenvalue weighted by molar-refractivity contribution is -0.385. The van der Waals surface area contributed by atoms with Crippen LogP contribution in [0.4, 0.5) is 5.69 Å². The maximum atomic E-state index is 11.0. The normalized spacial score (nSPS) is 10.2. The molecule has 0 atom stereocenters. The summed E-state index contributed by atoms with van der Waals surface area (Å²) < 4.78 is 5.24. The van der Waals surface area contributed by atoms with Gasteiger partial charge in [0.2, 0.25) is 0 Å². The highest BCUT2D eigenvalue weighted by atomic mass is 16.6. The Morgan fingerprint density at radius 1 is 1.26 bits per heavy atom. The van der Waals surface area contributed by atoms with Crippen molar-refractivity contribution in [1.82, 2.24) is 0 Å². The van der Waals surface area contributed by atoms with Gasteiger partial charge in [0.05, 0.1) is 24.2 Å². The largest absolute Gasteiger partial charge is 0.496 e. The van der Waals surface area contributed by atoms with Crippen molar-refractivity contribution < 1.29 is 14.8 Å². The molecule has 19 heavy (non-hydrogen) atoms. The molecule has 2 rings (SSSR count). The van der Waals surface area contributed by atoms with Crippen LogP contribution >= 0.6 is 0 Å². The lowest BCUT2D eigenvalue weighted by atomic mass is 10.0. The molecule has 0 aromatic heterocycles. The third kappa shape index (κ3) is 2.56. The van der Waals surface area contributed by atoms with Gasteiger partial charge in [-0.2, -0.15) is 0 Å². The van der Waals surface area contributed by atoms with Gasteiger partial charge in [0.1, 0.15) is 5.75 Å². The zero-order valence-corrected chi connectivity index (χ0v) is 10.4. The summed E-state index contributed by atoms with van der Waals surface area (Å²) in [4.78, 5) is 10.5. The predicted octanol–water partition coefficient (Wildman–Crippen LogP) is 2.76. The molecule has 5 nitrogen and oxygen atoms in total. The van der Waals surface area contributed by atoms with Gasteiger partial charge in [0.25, 0.3) is 5.69 Å². The quantitative estimate of drug-likeness (QED) is 0.676. The first-order chi connectivity index (χ1) is 9.17. The fourth-order valence-electron chi connectivity index (χ4n) is 1.92. The number of ether oxygens (including phenoxy) is 1. The Balaban J connectivity index is 2.57. The van der Waals surface area contributed by atoms with E-state index in [0.29, 0.717) is 16.9 Å². The molecule has 98 valence electrons. The molecule has 0 unspecified atom stereocenters. The minimum absolute atomic E-state index is 0.0918. The smallest absolute Gasteiger partial charge is 0.275 e. The molecule has 0 aliphatic carbocycles. The van der Waals surface area contributed by atoms with Gasteiger partial charge in [-0.1, -0.05) is 24.3 Å². The highest BCUT2D eigenvalue weighted by Crippen LogP contribution is 2.33. The van der Waals surface area contributed by atoms with Crippen molar-refractivity contribution in [2.24, 2.45) is 0 Å². The lowest BCUT2D eigenvalue weighted by Gasteiger charge is -2.09. The van der Waals surface area contributed by atoms with Crippen LogP contribution in [0.15, 0.2) is 42.5 Å². The van der Waals surface area contributed by atoms with E-state index in [1.165, 1.54) is 6.07 Å². The number of nitro groups is 1. The summed E-state index contributed by atoms with van der Waals surface area (Å²) in [5.41, 5.74) is 1.66. The van der Waals surface area contributed by atoms with Crippen molar-refractivity contribution in [2.45, 2.75) is 6.61 Å². The monoisotopic (exact) mass is 259 g/mol. The van der Waals surface area contributed by atoms with Crippen LogP contribution in [0, 0.1) is 10.1 Å². The molecule has 5 heteroatoms. The molecule has 0 fully saturated rings. The molecule has 0 aliphatic rings. The number of aliphatic hydroxyl groups excluding tert-OH is 1. The molecule has 0 saturated heterocycles. The van der Waals surface area contributed by atoms with Crippen LogP contribution in [-0.4, -0.2) is 17.1 Å². The summed E-state index contributed by atoms with van der Waals surface area (Å²) in [6.45, 7) is -0.359. The number of aliphatic hydroxyl groups is 1. The van der Waals surface area contributed by atoms with Crippen LogP contribution in [0.3, 0.4) is 0 Å². The third-order valence-electron chi connectivity index (χ3n) is 2.87. The van der Waals surface area contributed by atoms with Gasteiger partial charge in [-0.05, 0) is 17.7 Å². The van der Waals surface area contributed by atoms with E-state index in [2.05, 4.69) is 0 Å². The van der Waals surface area contributed by atoms with E-state index in [4.69, 9.17) is 9.84 Å². The number of rotatable bonds is 4. The Kier molecular flexibility index (Phi) is 3.77. The van der Waals surface area contributed by atoms with Gasteiger partial charge in [0, 0.05) is 11.6 Å². The number of methoxy groups -OCH3 is 1. The van der Waals surface area contributed by atoms with E-state index in [1.54, 1.807) is 25.3 Å². The van der Waals surface area contributed by atoms with Gasteiger partial charge in [-0.25, -0.2) is 0 Å². The van der Waals surface area contributed by atoms with E-state index < -0.39 is 4.92 Å². The fraction of sp³-hybridized carbons (Fsp3) is 0.143. The fourth-order valence-corrected chi connectivity index (χ4v) is 1.92. The number of nitrogens with zero attached hydrogens (tertiary/aromatic N) is 1. The molecule has 0 bridgehead atoms. The summed E-state index contributed by atoms with van der Waals surface area (Å²) in [5, 5.41) is 20.1. The maximum Gasteiger partial charge on any atom is 0.275 e. The first-order valence-corrected chi connectivity index (χ1v) is 5.69. The second-order valence-electron chi connectivity index (χ2n) is 3.96. The van der Waals surface area contributed by atoms with Crippen LogP contribution in [0.1, 0.15) is 5.56 Å². The third-order valence-corrected chi connectivity index (χ3v) is 2.87. The number of benzene rings is 2. The van der Waals surface area contributed by atoms with Crippen LogP contribution in [0.5, 0.6) is 5.75 Å². The standard InChI is InChI=1S/C14H13NO4/c1-19-14-5-3-2-4-12(14)10-6-7-11(9-16)13(8-10)15(17)18/h2-8,16H,9H2,1H3. The van der Waals surface area contributed by atoms with E-state index in [9.17, 15) is 10.1 Å². The average Bonchev–Trinajstić information content (AvgIpc) is 2.46. The SMILES string of the molecule is COc1ccccc1-c1ccc(CO)c([N+](=O)[O-])c1. The summed E-state index contributed by atoms with van der Waals surface area (Å²) in [6.07, 6.45) is 0. The second-order valence-corrected chi connectivity index (χ2v) is 3.96. The van der Waals surface area contributed by atoms with Crippen molar-refractivity contribution >= 4 is 5.69 Å². The Morgan fingerprint density at radius 3 is 2.63 bits per heavy atom. The molecule has 0 saturated carbocycles. The van der Waals surface area contributed by atoms with Crippen molar-refractivity contribution in [3.8, 4) is 16.9 Å². The summed E-state index contributed by atoms with van der Waals surface area (Å²) in [6, 6.07) is 12.0. The molecule has 0 spiro atoms. The van der Waals surface area contributed by atoms with Crippen molar-refractivity contribution in [3.63, 3.8) is 0 Å². The van der Waals surface area contributed by atoms with Gasteiger partial charge in [-0.3, -0.25) is 10.1 Å². The highest BCUT2D eigenvalue weighted by Gasteiger charge is 2.15. The second kappa shape index (κ2) is 5.49. The van der Waals surface area contributed by atoms with E-state index >= 15 is 0 Å². The molecular formula is C14H13NO4. The first kappa shape index (κ1) is 13.0. The Morgan fingerprint density at radius 2 is 2.00 bits per heavy atom.